The fraction of sp³-hybridized carbons (Fsp3) is 0.368. The lowest BCUT2D eigenvalue weighted by atomic mass is 10.2. The van der Waals surface area contributed by atoms with E-state index in [2.05, 4.69) is 15.6 Å². The van der Waals surface area contributed by atoms with Gasteiger partial charge in [0.25, 0.3) is 0 Å². The molecule has 1 aromatic heterocycles. The van der Waals surface area contributed by atoms with Crippen molar-refractivity contribution in [3.8, 4) is 0 Å². The monoisotopic (exact) mass is 472 g/mol. The summed E-state index contributed by atoms with van der Waals surface area (Å²) in [5.41, 5.74) is 0.596. The summed E-state index contributed by atoms with van der Waals surface area (Å²) in [6, 6.07) is 11.8. The fourth-order valence-electron chi connectivity index (χ4n) is 2.39. The third-order valence-electron chi connectivity index (χ3n) is 3.73. The Balaban J connectivity index is 0.00000338. The zero-order valence-corrected chi connectivity index (χ0v) is 17.3. The summed E-state index contributed by atoms with van der Waals surface area (Å²) in [6.07, 6.45) is 3.60. The van der Waals surface area contributed by atoms with Gasteiger partial charge < -0.3 is 15.2 Å². The van der Waals surface area contributed by atoms with Crippen molar-refractivity contribution >= 4 is 29.9 Å². The number of aromatic nitrogens is 1. The van der Waals surface area contributed by atoms with Crippen molar-refractivity contribution in [1.82, 2.24) is 15.2 Å². The molecule has 0 bridgehead atoms. The molecule has 0 atom stereocenters. The summed E-state index contributed by atoms with van der Waals surface area (Å²) in [6.45, 7) is 4.46. The predicted octanol–water partition coefficient (Wildman–Crippen LogP) is 3.14. The van der Waals surface area contributed by atoms with Crippen molar-refractivity contribution in [2.24, 2.45) is 4.99 Å². The first kappa shape index (κ1) is 22.1. The summed E-state index contributed by atoms with van der Waals surface area (Å²) < 4.78 is 15.3. The van der Waals surface area contributed by atoms with E-state index >= 15 is 0 Å². The Bertz CT molecular complexity index is 748. The van der Waals surface area contributed by atoms with Gasteiger partial charge in [0.05, 0.1) is 6.54 Å². The van der Waals surface area contributed by atoms with Crippen molar-refractivity contribution in [2.45, 2.75) is 32.9 Å². The SMILES string of the molecule is CCNC(=NCc1ccccc1F)NCCCCn1ccccc1=O.I. The molecule has 0 saturated heterocycles. The van der Waals surface area contributed by atoms with Crippen LogP contribution >= 0.6 is 24.0 Å². The fourth-order valence-corrected chi connectivity index (χ4v) is 2.39. The van der Waals surface area contributed by atoms with Crippen LogP contribution in [0.2, 0.25) is 0 Å². The van der Waals surface area contributed by atoms with Gasteiger partial charge in [0.15, 0.2) is 5.96 Å². The van der Waals surface area contributed by atoms with Crippen molar-refractivity contribution in [2.75, 3.05) is 13.1 Å². The number of nitrogens with one attached hydrogen (secondary N) is 2. The van der Waals surface area contributed by atoms with Gasteiger partial charge in [0.2, 0.25) is 5.56 Å². The molecule has 7 heteroatoms. The van der Waals surface area contributed by atoms with Gasteiger partial charge in [0.1, 0.15) is 5.82 Å². The minimum absolute atomic E-state index is 0. The smallest absolute Gasteiger partial charge is 0.250 e. The Morgan fingerprint density at radius 1 is 1.12 bits per heavy atom. The highest BCUT2D eigenvalue weighted by Gasteiger charge is 2.01. The Morgan fingerprint density at radius 3 is 2.62 bits per heavy atom. The zero-order chi connectivity index (χ0) is 17.9. The van der Waals surface area contributed by atoms with Gasteiger partial charge in [-0.05, 0) is 31.9 Å². The lowest BCUT2D eigenvalue weighted by molar-refractivity contribution is 0.585. The lowest BCUT2D eigenvalue weighted by Gasteiger charge is -2.11. The van der Waals surface area contributed by atoms with Crippen LogP contribution in [-0.4, -0.2) is 23.6 Å². The molecule has 5 nitrogen and oxygen atoms in total. The number of rotatable bonds is 8. The first-order valence-corrected chi connectivity index (χ1v) is 8.61. The molecule has 0 aliphatic rings. The topological polar surface area (TPSA) is 58.4 Å². The number of pyridine rings is 1. The van der Waals surface area contributed by atoms with Gasteiger partial charge in [-0.2, -0.15) is 0 Å². The summed E-state index contributed by atoms with van der Waals surface area (Å²) in [5.74, 6) is 0.429. The van der Waals surface area contributed by atoms with E-state index in [1.54, 1.807) is 41.1 Å². The molecule has 0 aliphatic heterocycles. The Labute approximate surface area is 170 Å². The third-order valence-corrected chi connectivity index (χ3v) is 3.73. The van der Waals surface area contributed by atoms with Crippen molar-refractivity contribution in [1.29, 1.82) is 0 Å². The van der Waals surface area contributed by atoms with E-state index in [1.165, 1.54) is 6.07 Å². The summed E-state index contributed by atoms with van der Waals surface area (Å²) >= 11 is 0. The highest BCUT2D eigenvalue weighted by molar-refractivity contribution is 14.0. The normalized spacial score (nSPS) is 10.9. The van der Waals surface area contributed by atoms with Gasteiger partial charge in [0, 0.05) is 37.5 Å². The molecule has 0 fully saturated rings. The van der Waals surface area contributed by atoms with Crippen LogP contribution in [0.5, 0.6) is 0 Å². The minimum atomic E-state index is -0.240. The second-order valence-electron chi connectivity index (χ2n) is 5.65. The van der Waals surface area contributed by atoms with Gasteiger partial charge in [-0.1, -0.05) is 24.3 Å². The average molecular weight is 472 g/mol. The zero-order valence-electron chi connectivity index (χ0n) is 15.0. The number of benzene rings is 1. The minimum Gasteiger partial charge on any atom is -0.357 e. The maximum absolute atomic E-state index is 13.6. The van der Waals surface area contributed by atoms with E-state index in [4.69, 9.17) is 0 Å². The average Bonchev–Trinajstić information content (AvgIpc) is 2.62. The molecular formula is C19H26FIN4O. The Morgan fingerprint density at radius 2 is 1.88 bits per heavy atom. The van der Waals surface area contributed by atoms with Crippen LogP contribution in [0.15, 0.2) is 58.4 Å². The Hall–Kier alpha value is -1.90. The molecule has 2 N–H and O–H groups in total. The molecule has 142 valence electrons. The number of halogens is 2. The maximum Gasteiger partial charge on any atom is 0.250 e. The van der Waals surface area contributed by atoms with Crippen LogP contribution in [0.1, 0.15) is 25.3 Å². The number of aryl methyl sites for hydroxylation is 1. The number of guanidine groups is 1. The molecule has 2 rings (SSSR count). The van der Waals surface area contributed by atoms with Gasteiger partial charge >= 0.3 is 0 Å². The lowest BCUT2D eigenvalue weighted by Crippen LogP contribution is -2.37. The van der Waals surface area contributed by atoms with Crippen LogP contribution in [0, 0.1) is 5.82 Å². The number of unbranched alkanes of at least 4 members (excludes halogenated alkanes) is 1. The second kappa shape index (κ2) is 12.5. The van der Waals surface area contributed by atoms with E-state index in [-0.39, 0.29) is 35.4 Å². The van der Waals surface area contributed by atoms with Crippen molar-refractivity contribution in [3.05, 3.63) is 70.4 Å². The molecule has 26 heavy (non-hydrogen) atoms. The first-order chi connectivity index (χ1) is 12.2. The molecule has 0 spiro atoms. The van der Waals surface area contributed by atoms with Crippen LogP contribution in [0.25, 0.3) is 0 Å². The highest BCUT2D eigenvalue weighted by Crippen LogP contribution is 2.07. The van der Waals surface area contributed by atoms with E-state index in [1.807, 2.05) is 13.0 Å². The highest BCUT2D eigenvalue weighted by atomic mass is 127. The van der Waals surface area contributed by atoms with Crippen LogP contribution in [0.3, 0.4) is 0 Å². The molecule has 2 aromatic rings. The first-order valence-electron chi connectivity index (χ1n) is 8.61. The van der Waals surface area contributed by atoms with E-state index < -0.39 is 0 Å². The van der Waals surface area contributed by atoms with Crippen molar-refractivity contribution in [3.63, 3.8) is 0 Å². The molecule has 0 aliphatic carbocycles. The number of hydrogen-bond acceptors (Lipinski definition) is 2. The van der Waals surface area contributed by atoms with E-state index in [9.17, 15) is 9.18 Å². The Kier molecular flexibility index (Phi) is 10.6. The number of aliphatic imine (C=N–C) groups is 1. The van der Waals surface area contributed by atoms with Crippen LogP contribution in [0.4, 0.5) is 4.39 Å². The van der Waals surface area contributed by atoms with Crippen LogP contribution in [-0.2, 0) is 13.1 Å². The van der Waals surface area contributed by atoms with Gasteiger partial charge in [-0.15, -0.1) is 24.0 Å². The maximum atomic E-state index is 13.6. The molecule has 0 saturated carbocycles. The molecule has 0 radical (unpaired) electrons. The third kappa shape index (κ3) is 7.55. The second-order valence-corrected chi connectivity index (χ2v) is 5.65. The van der Waals surface area contributed by atoms with Gasteiger partial charge in [-0.3, -0.25) is 4.79 Å². The standard InChI is InChI=1S/C19H25FN4O.HI/c1-2-21-19(23-15-16-9-3-4-10-17(16)20)22-12-6-8-14-24-13-7-5-11-18(24)25;/h3-5,7,9-11,13H,2,6,8,12,14-15H2,1H3,(H2,21,22,23);1H. The summed E-state index contributed by atoms with van der Waals surface area (Å²) in [4.78, 5) is 16.0. The number of hydrogen-bond donors (Lipinski definition) is 2. The van der Waals surface area contributed by atoms with Crippen LogP contribution < -0.4 is 16.2 Å². The van der Waals surface area contributed by atoms with Crippen molar-refractivity contribution < 1.29 is 4.39 Å². The van der Waals surface area contributed by atoms with E-state index in [0.717, 1.165) is 25.9 Å². The predicted molar refractivity (Wildman–Crippen MR) is 115 cm³/mol. The molecule has 0 unspecified atom stereocenters. The number of nitrogens with zero attached hydrogens (tertiary/aromatic N) is 2. The van der Waals surface area contributed by atoms with E-state index in [0.29, 0.717) is 24.6 Å². The van der Waals surface area contributed by atoms with Gasteiger partial charge in [-0.25, -0.2) is 9.38 Å². The summed E-state index contributed by atoms with van der Waals surface area (Å²) in [7, 11) is 0. The molecule has 1 aromatic carbocycles. The molecular weight excluding hydrogens is 446 g/mol. The largest absolute Gasteiger partial charge is 0.357 e. The quantitative estimate of drug-likeness (QED) is 0.269. The summed E-state index contributed by atoms with van der Waals surface area (Å²) in [5, 5.41) is 6.39. The molecule has 0 amide bonds. The molecule has 1 heterocycles.